The van der Waals surface area contributed by atoms with Crippen LogP contribution in [0.1, 0.15) is 73.3 Å². The molecule has 4 aromatic carbocycles. The van der Waals surface area contributed by atoms with Gasteiger partial charge in [-0.25, -0.2) is 0 Å². The zero-order valence-corrected chi connectivity index (χ0v) is 39.5. The number of aromatic nitrogens is 1. The number of rotatable bonds is 13. The van der Waals surface area contributed by atoms with Crippen molar-refractivity contribution in [3.8, 4) is 17.2 Å². The fourth-order valence-corrected chi connectivity index (χ4v) is 8.97. The van der Waals surface area contributed by atoms with Crippen molar-refractivity contribution in [2.45, 2.75) is 63.8 Å². The first-order chi connectivity index (χ1) is 29.8. The number of methoxy groups -OCH3 is 3. The third kappa shape index (κ3) is 14.3. The number of hydrogen-bond acceptors (Lipinski definition) is 8. The Labute approximate surface area is 380 Å². The van der Waals surface area contributed by atoms with E-state index in [2.05, 4.69) is 93.7 Å². The van der Waals surface area contributed by atoms with E-state index >= 15 is 0 Å². The third-order valence-electron chi connectivity index (χ3n) is 11.5. The molecule has 1 aromatic heterocycles. The Balaban J connectivity index is 0.000000203. The Morgan fingerprint density at radius 1 is 0.705 bits per heavy atom. The summed E-state index contributed by atoms with van der Waals surface area (Å²) in [5.41, 5.74) is 17.4. The summed E-state index contributed by atoms with van der Waals surface area (Å²) in [6, 6.07) is 30.4. The Morgan fingerprint density at radius 2 is 1.33 bits per heavy atom. The topological polar surface area (TPSA) is 111 Å². The smallest absolute Gasteiger partial charge is 0.248 e. The van der Waals surface area contributed by atoms with Crippen LogP contribution in [-0.2, 0) is 6.42 Å². The second kappa shape index (κ2) is 25.5. The number of nitrogen functional groups attached to an aromatic ring is 1. The van der Waals surface area contributed by atoms with E-state index in [1.54, 1.807) is 27.4 Å². The summed E-state index contributed by atoms with van der Waals surface area (Å²) >= 11 is 6.66. The summed E-state index contributed by atoms with van der Waals surface area (Å²) in [5.74, 6) is 2.39. The van der Waals surface area contributed by atoms with Gasteiger partial charge in [0.1, 0.15) is 17.2 Å². The lowest BCUT2D eigenvalue weighted by atomic mass is 10.0. The molecule has 10 nitrogen and oxygen atoms in total. The number of anilines is 3. The quantitative estimate of drug-likeness (QED) is 0.0682. The molecule has 0 unspecified atom stereocenters. The maximum atomic E-state index is 11.6. The normalized spacial score (nSPS) is 15.2. The summed E-state index contributed by atoms with van der Waals surface area (Å²) in [4.78, 5) is 19.1. The van der Waals surface area contributed by atoms with Crippen LogP contribution in [0.5, 0.6) is 17.2 Å². The van der Waals surface area contributed by atoms with Gasteiger partial charge in [0.15, 0.2) is 0 Å². The number of likely N-dealkylation sites (tertiary alicyclic amines) is 1. The van der Waals surface area contributed by atoms with E-state index in [0.29, 0.717) is 11.6 Å². The van der Waals surface area contributed by atoms with Crippen LogP contribution in [0.3, 0.4) is 0 Å². The number of unbranched alkanes of at least 4 members (excludes halogenated alkanes) is 1. The van der Waals surface area contributed by atoms with Crippen LogP contribution in [-0.4, -0.2) is 93.2 Å². The lowest BCUT2D eigenvalue weighted by Gasteiger charge is -2.33. The minimum atomic E-state index is -0.371. The molecule has 12 heteroatoms. The zero-order valence-electron chi connectivity index (χ0n) is 36.4. The number of piperidine rings is 1. The maximum absolute atomic E-state index is 11.6. The molecular formula is C49H66Br2N6O4. The summed E-state index contributed by atoms with van der Waals surface area (Å²) in [6.45, 7) is 7.87. The highest BCUT2D eigenvalue weighted by Gasteiger charge is 2.24. The van der Waals surface area contributed by atoms with E-state index in [1.165, 1.54) is 68.6 Å². The molecule has 4 N–H and O–H groups in total. The first kappa shape index (κ1) is 47.7. The van der Waals surface area contributed by atoms with Gasteiger partial charge in [0.2, 0.25) is 5.91 Å². The molecule has 4 heterocycles. The average molecular weight is 963 g/mol. The van der Waals surface area contributed by atoms with Gasteiger partial charge in [-0.05, 0) is 118 Å². The highest BCUT2D eigenvalue weighted by molar-refractivity contribution is 9.09. The summed E-state index contributed by atoms with van der Waals surface area (Å²) in [6.07, 6.45) is 13.1. The van der Waals surface area contributed by atoms with Crippen LogP contribution < -0.4 is 35.5 Å². The second-order valence-electron chi connectivity index (χ2n) is 15.6. The molecule has 0 saturated carbocycles. The molecule has 8 rings (SSSR count). The lowest BCUT2D eigenvalue weighted by molar-refractivity contribution is 0.100. The van der Waals surface area contributed by atoms with Crippen molar-refractivity contribution < 1.29 is 19.0 Å². The Kier molecular flexibility index (Phi) is 19.9. The molecule has 3 saturated heterocycles. The molecule has 0 spiro atoms. The number of hydrogen-bond donors (Lipinski definition) is 2. The van der Waals surface area contributed by atoms with Gasteiger partial charge in [-0.2, -0.15) is 0 Å². The number of halogens is 2. The number of ether oxygens (including phenoxy) is 3. The molecule has 330 valence electrons. The third-order valence-corrected chi connectivity index (χ3v) is 12.7. The Bertz CT molecular complexity index is 2050. The predicted octanol–water partition coefficient (Wildman–Crippen LogP) is 10.4. The van der Waals surface area contributed by atoms with Crippen molar-refractivity contribution in [3.63, 3.8) is 0 Å². The van der Waals surface area contributed by atoms with Crippen LogP contribution in [0.2, 0.25) is 0 Å². The average Bonchev–Trinajstić information content (AvgIpc) is 4.12. The molecule has 61 heavy (non-hydrogen) atoms. The number of nitrogens with zero attached hydrogens (tertiary/aromatic N) is 4. The molecular weight excluding hydrogens is 896 g/mol. The first-order valence-electron chi connectivity index (χ1n) is 21.7. The second-order valence-corrected chi connectivity index (χ2v) is 17.2. The molecule has 0 bridgehead atoms. The molecule has 1 amide bonds. The SMILES string of the molecule is BrCCCCBr.COc1cccc(N)c1.COc1cccc(N2CCCC2)c1.COc1cccc(N2CCCC2)c1CCN1CCC(n2ccc3ccc(C(N)=O)cc32)CC1. The van der Waals surface area contributed by atoms with Crippen molar-refractivity contribution in [2.24, 2.45) is 5.73 Å². The van der Waals surface area contributed by atoms with Crippen molar-refractivity contribution in [1.82, 2.24) is 9.47 Å². The summed E-state index contributed by atoms with van der Waals surface area (Å²) < 4.78 is 18.2. The van der Waals surface area contributed by atoms with Crippen molar-refractivity contribution in [2.75, 3.05) is 93.3 Å². The minimum absolute atomic E-state index is 0.371. The number of nitrogens with two attached hydrogens (primary N) is 2. The van der Waals surface area contributed by atoms with Gasteiger partial charge in [-0.15, -0.1) is 0 Å². The van der Waals surface area contributed by atoms with Crippen molar-refractivity contribution in [1.29, 1.82) is 0 Å². The highest BCUT2D eigenvalue weighted by Crippen LogP contribution is 2.33. The Morgan fingerprint density at radius 3 is 1.92 bits per heavy atom. The number of fused-ring (bicyclic) bond motifs is 1. The lowest BCUT2D eigenvalue weighted by Crippen LogP contribution is -2.36. The molecule has 0 aliphatic carbocycles. The van der Waals surface area contributed by atoms with E-state index in [4.69, 9.17) is 25.7 Å². The maximum Gasteiger partial charge on any atom is 0.248 e. The van der Waals surface area contributed by atoms with E-state index in [1.807, 2.05) is 48.5 Å². The molecule has 0 atom stereocenters. The largest absolute Gasteiger partial charge is 0.497 e. The van der Waals surface area contributed by atoms with Gasteiger partial charge in [0, 0.05) is 115 Å². The standard InChI is InChI=1S/C27H34N4O2.C11H15NO.C7H9NO.C4H8Br2/c1-33-26-6-4-5-24(30-13-2-3-14-30)23(26)12-17-29-15-10-22(11-16-29)31-18-9-20-7-8-21(27(28)32)19-25(20)31;1-13-11-6-4-5-10(9-11)12-7-2-3-8-12;1-9-7-4-2-3-6(8)5-7;5-3-1-2-4-6/h4-9,18-19,22H,2-3,10-17H2,1H3,(H2,28,32);4-6,9H,2-3,7-8H2,1H3;2-5H,8H2,1H3;1-4H2. The van der Waals surface area contributed by atoms with Crippen LogP contribution in [0.4, 0.5) is 17.1 Å². The van der Waals surface area contributed by atoms with Gasteiger partial charge in [-0.1, -0.05) is 56.1 Å². The van der Waals surface area contributed by atoms with Gasteiger partial charge < -0.3 is 44.9 Å². The number of primary amides is 1. The van der Waals surface area contributed by atoms with E-state index < -0.39 is 0 Å². The molecule has 5 aromatic rings. The molecule has 0 radical (unpaired) electrons. The monoisotopic (exact) mass is 960 g/mol. The summed E-state index contributed by atoms with van der Waals surface area (Å²) in [5, 5.41) is 3.44. The minimum Gasteiger partial charge on any atom is -0.497 e. The van der Waals surface area contributed by atoms with Gasteiger partial charge in [0.25, 0.3) is 0 Å². The number of benzene rings is 4. The van der Waals surface area contributed by atoms with Crippen LogP contribution in [0.15, 0.2) is 97.2 Å². The Hall–Kier alpha value is -4.39. The fraction of sp³-hybridized carbons (Fsp3) is 0.449. The fourth-order valence-electron chi connectivity index (χ4n) is 8.18. The summed E-state index contributed by atoms with van der Waals surface area (Å²) in [7, 11) is 5.11. The number of alkyl halides is 2. The van der Waals surface area contributed by atoms with Crippen molar-refractivity contribution >= 4 is 65.7 Å². The molecule has 3 fully saturated rings. The van der Waals surface area contributed by atoms with E-state index in [-0.39, 0.29) is 5.91 Å². The van der Waals surface area contributed by atoms with Gasteiger partial charge in [-0.3, -0.25) is 4.79 Å². The first-order valence-corrected chi connectivity index (χ1v) is 24.0. The highest BCUT2D eigenvalue weighted by atomic mass is 79.9. The van der Waals surface area contributed by atoms with Crippen LogP contribution >= 0.6 is 31.9 Å². The van der Waals surface area contributed by atoms with Gasteiger partial charge in [0.05, 0.1) is 21.3 Å². The number of carbonyl (C=O) groups is 1. The van der Waals surface area contributed by atoms with E-state index in [9.17, 15) is 4.79 Å². The number of carbonyl (C=O) groups excluding carboxylic acids is 1. The van der Waals surface area contributed by atoms with Crippen LogP contribution in [0.25, 0.3) is 10.9 Å². The zero-order chi connectivity index (χ0) is 43.4. The van der Waals surface area contributed by atoms with E-state index in [0.717, 1.165) is 96.5 Å². The number of amides is 1. The van der Waals surface area contributed by atoms with Crippen molar-refractivity contribution in [3.05, 3.63) is 108 Å². The molecule has 3 aliphatic rings. The van der Waals surface area contributed by atoms with Crippen LogP contribution in [0, 0.1) is 0 Å². The predicted molar refractivity (Wildman–Crippen MR) is 262 cm³/mol. The molecule has 3 aliphatic heterocycles. The van der Waals surface area contributed by atoms with Gasteiger partial charge >= 0.3 is 0 Å².